The van der Waals surface area contributed by atoms with Gasteiger partial charge in [-0.15, -0.1) is 21.5 Å². The molecule has 0 fully saturated rings. The second kappa shape index (κ2) is 14.0. The van der Waals surface area contributed by atoms with E-state index < -0.39 is 15.1 Å². The molecular formula is C21H26N6O6S2. The maximum atomic E-state index is 12.5. The highest BCUT2D eigenvalue weighted by Gasteiger charge is 2.33. The van der Waals surface area contributed by atoms with Gasteiger partial charge < -0.3 is 30.0 Å². The zero-order valence-corrected chi connectivity index (χ0v) is 21.0. The van der Waals surface area contributed by atoms with E-state index in [2.05, 4.69) is 31.2 Å². The van der Waals surface area contributed by atoms with Crippen molar-refractivity contribution in [1.29, 1.82) is 0 Å². The van der Waals surface area contributed by atoms with E-state index in [0.717, 1.165) is 22.1 Å². The number of hydrogen-bond donors (Lipinski definition) is 3. The average molecular weight is 523 g/mol. The van der Waals surface area contributed by atoms with E-state index in [-0.39, 0.29) is 11.4 Å². The van der Waals surface area contributed by atoms with Crippen molar-refractivity contribution in [2.75, 3.05) is 20.4 Å². The number of carbonyl (C=O) groups excluding carboxylic acids is 2. The minimum Gasteiger partial charge on any atom is -0.422 e. The number of nitrogens with one attached hydrogen (secondary N) is 2. The Bertz CT molecular complexity index is 1360. The quantitative estimate of drug-likeness (QED) is 0.328. The fourth-order valence-corrected chi connectivity index (χ4v) is 5.42. The van der Waals surface area contributed by atoms with Gasteiger partial charge in [-0.3, -0.25) is 4.79 Å². The molecule has 0 aliphatic carbocycles. The van der Waals surface area contributed by atoms with Crippen LogP contribution in [0.15, 0.2) is 45.7 Å². The van der Waals surface area contributed by atoms with Gasteiger partial charge in [0.25, 0.3) is 0 Å². The highest BCUT2D eigenvalue weighted by molar-refractivity contribution is 7.91. The first-order chi connectivity index (χ1) is 16.8. The topological polar surface area (TPSA) is 191 Å². The molecule has 1 unspecified atom stereocenters. The molecule has 4 N–H and O–H groups in total. The standard InChI is InChI=1S/C18H17N5O4S2.CH5N.2CH2O/c1-19-9-15-22-23-17(27-15)16(29(2,25)26)18-21-12-5-3-10(7-13(12)28-18)11-4-6-14(24)20-8-11;3*1-2/h3-8,16,19H,9H2,1-2H3,(H,20,24);2H2,1H3;2*1H2. The number of benzene rings is 1. The van der Waals surface area contributed by atoms with Crippen LogP contribution in [0, 0.1) is 0 Å². The number of sulfone groups is 1. The predicted octanol–water partition coefficient (Wildman–Crippen LogP) is 1.09. The third-order valence-electron chi connectivity index (χ3n) is 4.21. The summed E-state index contributed by atoms with van der Waals surface area (Å²) in [7, 11) is -0.368. The molecule has 4 rings (SSSR count). The molecule has 4 aromatic rings. The van der Waals surface area contributed by atoms with Gasteiger partial charge in [-0.1, -0.05) is 6.07 Å². The van der Waals surface area contributed by atoms with Gasteiger partial charge >= 0.3 is 0 Å². The van der Waals surface area contributed by atoms with E-state index in [4.69, 9.17) is 14.0 Å². The Labute approximate surface area is 205 Å². The molecule has 1 atom stereocenters. The van der Waals surface area contributed by atoms with Gasteiger partial charge in [0.1, 0.15) is 18.6 Å². The van der Waals surface area contributed by atoms with Crippen LogP contribution in [0.3, 0.4) is 0 Å². The maximum Gasteiger partial charge on any atom is 0.247 e. The van der Waals surface area contributed by atoms with Crippen LogP contribution in [0.25, 0.3) is 21.3 Å². The largest absolute Gasteiger partial charge is 0.422 e. The number of nitrogens with zero attached hydrogens (tertiary/aromatic N) is 3. The van der Waals surface area contributed by atoms with Crippen molar-refractivity contribution in [2.24, 2.45) is 5.73 Å². The molecule has 0 bridgehead atoms. The molecule has 0 saturated carbocycles. The smallest absolute Gasteiger partial charge is 0.247 e. The van der Waals surface area contributed by atoms with E-state index in [1.54, 1.807) is 19.3 Å². The first kappa shape index (κ1) is 29.4. The van der Waals surface area contributed by atoms with Crippen molar-refractivity contribution in [3.8, 4) is 11.1 Å². The molecule has 12 nitrogen and oxygen atoms in total. The van der Waals surface area contributed by atoms with Gasteiger partial charge in [-0.25, -0.2) is 13.4 Å². The summed E-state index contributed by atoms with van der Waals surface area (Å²) in [4.78, 5) is 34.4. The Balaban J connectivity index is 0.000000949. The molecule has 35 heavy (non-hydrogen) atoms. The van der Waals surface area contributed by atoms with Crippen LogP contribution >= 0.6 is 11.3 Å². The van der Waals surface area contributed by atoms with Crippen molar-refractivity contribution in [2.45, 2.75) is 11.8 Å². The summed E-state index contributed by atoms with van der Waals surface area (Å²) in [6.07, 6.45) is 2.75. The molecule has 0 spiro atoms. The number of aromatic nitrogens is 4. The first-order valence-electron chi connectivity index (χ1n) is 9.76. The van der Waals surface area contributed by atoms with Gasteiger partial charge in [0.2, 0.25) is 17.3 Å². The minimum atomic E-state index is -3.60. The van der Waals surface area contributed by atoms with Gasteiger partial charge in [-0.2, -0.15) is 0 Å². The SMILES string of the molecule is C=O.C=O.CN.CNCc1nnc(C(c2nc3ccc(-c4ccc(=O)[nH]c4)cc3s2)S(C)(=O)=O)o1. The van der Waals surface area contributed by atoms with E-state index in [1.807, 2.05) is 31.8 Å². The van der Waals surface area contributed by atoms with Crippen molar-refractivity contribution in [1.82, 2.24) is 25.5 Å². The zero-order valence-electron chi connectivity index (χ0n) is 19.3. The van der Waals surface area contributed by atoms with Crippen LogP contribution in [-0.2, 0) is 26.0 Å². The van der Waals surface area contributed by atoms with E-state index in [0.29, 0.717) is 23.0 Å². The van der Waals surface area contributed by atoms with E-state index in [9.17, 15) is 13.2 Å². The number of carbonyl (C=O) groups is 2. The Kier molecular flexibility index (Phi) is 11.7. The minimum absolute atomic E-state index is 0.00216. The molecule has 14 heteroatoms. The number of pyridine rings is 1. The molecule has 0 saturated heterocycles. The number of nitrogens with two attached hydrogens (primary N) is 1. The highest BCUT2D eigenvalue weighted by Crippen LogP contribution is 2.36. The summed E-state index contributed by atoms with van der Waals surface area (Å²) >= 11 is 1.26. The number of fused-ring (bicyclic) bond motifs is 1. The summed E-state index contributed by atoms with van der Waals surface area (Å²) in [5.74, 6) is 0.301. The summed E-state index contributed by atoms with van der Waals surface area (Å²) in [5.41, 5.74) is 6.72. The number of thiazole rings is 1. The summed E-state index contributed by atoms with van der Waals surface area (Å²) in [6.45, 7) is 4.34. The number of rotatable bonds is 6. The molecular weight excluding hydrogens is 496 g/mol. The molecule has 0 aliphatic heterocycles. The second-order valence-electron chi connectivity index (χ2n) is 6.45. The fraction of sp³-hybridized carbons (Fsp3) is 0.238. The molecule has 0 amide bonds. The molecule has 1 aromatic carbocycles. The lowest BCUT2D eigenvalue weighted by Gasteiger charge is -2.07. The second-order valence-corrected chi connectivity index (χ2v) is 9.64. The molecule has 3 aromatic heterocycles. The monoisotopic (exact) mass is 522 g/mol. The summed E-state index contributed by atoms with van der Waals surface area (Å²) in [6, 6.07) is 8.77. The third-order valence-corrected chi connectivity index (χ3v) is 6.72. The van der Waals surface area contributed by atoms with Crippen LogP contribution in [0.4, 0.5) is 0 Å². The third kappa shape index (κ3) is 7.45. The van der Waals surface area contributed by atoms with Gasteiger partial charge in [0.05, 0.1) is 16.8 Å². The van der Waals surface area contributed by atoms with Crippen molar-refractivity contribution < 1.29 is 22.4 Å². The molecule has 0 aliphatic rings. The number of H-pyrrole nitrogens is 1. The van der Waals surface area contributed by atoms with E-state index in [1.165, 1.54) is 24.5 Å². The van der Waals surface area contributed by atoms with Gasteiger partial charge in [-0.05, 0) is 43.4 Å². The first-order valence-corrected chi connectivity index (χ1v) is 12.5. The Morgan fingerprint density at radius 3 is 2.34 bits per heavy atom. The lowest BCUT2D eigenvalue weighted by atomic mass is 10.1. The zero-order chi connectivity index (χ0) is 26.6. The molecule has 3 heterocycles. The highest BCUT2D eigenvalue weighted by atomic mass is 32.2. The lowest BCUT2D eigenvalue weighted by Crippen LogP contribution is -2.13. The molecule has 0 radical (unpaired) electrons. The number of hydrogen-bond acceptors (Lipinski definition) is 12. The normalized spacial score (nSPS) is 11.2. The van der Waals surface area contributed by atoms with Gasteiger partial charge in [0, 0.05) is 18.5 Å². The van der Waals surface area contributed by atoms with Crippen molar-refractivity contribution in [3.05, 3.63) is 63.7 Å². The lowest BCUT2D eigenvalue weighted by molar-refractivity contribution is -0.0987. The molecule has 188 valence electrons. The van der Waals surface area contributed by atoms with E-state index >= 15 is 0 Å². The van der Waals surface area contributed by atoms with Crippen LogP contribution in [0.5, 0.6) is 0 Å². The van der Waals surface area contributed by atoms with Gasteiger partial charge in [0.15, 0.2) is 15.1 Å². The predicted molar refractivity (Wildman–Crippen MR) is 134 cm³/mol. The van der Waals surface area contributed by atoms with Crippen molar-refractivity contribution in [3.63, 3.8) is 0 Å². The Morgan fingerprint density at radius 1 is 1.11 bits per heavy atom. The van der Waals surface area contributed by atoms with Crippen LogP contribution < -0.4 is 16.6 Å². The average Bonchev–Trinajstić information content (AvgIpc) is 3.49. The Morgan fingerprint density at radius 2 is 1.77 bits per heavy atom. The van der Waals surface area contributed by atoms with Crippen LogP contribution in [0.2, 0.25) is 0 Å². The Hall–Kier alpha value is -3.59. The van der Waals surface area contributed by atoms with Crippen LogP contribution in [-0.4, -0.2) is 62.5 Å². The fourth-order valence-electron chi connectivity index (χ4n) is 2.89. The summed E-state index contributed by atoms with van der Waals surface area (Å²) in [5, 5.41) is 9.92. The summed E-state index contributed by atoms with van der Waals surface area (Å²) < 4.78 is 31.3. The maximum absolute atomic E-state index is 12.5. The number of aromatic amines is 1. The van der Waals surface area contributed by atoms with Crippen molar-refractivity contribution >= 4 is 45.0 Å². The van der Waals surface area contributed by atoms with Crippen LogP contribution in [0.1, 0.15) is 22.0 Å².